The van der Waals surface area contributed by atoms with E-state index in [0.29, 0.717) is 12.8 Å². The smallest absolute Gasteiger partial charge is 0.410 e. The van der Waals surface area contributed by atoms with Gasteiger partial charge in [0, 0.05) is 11.9 Å². The summed E-state index contributed by atoms with van der Waals surface area (Å²) in [7, 11) is -3.88. The Balaban J connectivity index is 1.61. The van der Waals surface area contributed by atoms with E-state index in [2.05, 4.69) is 4.98 Å². The van der Waals surface area contributed by atoms with Crippen molar-refractivity contribution in [1.82, 2.24) is 9.88 Å². The molecule has 0 bridgehead atoms. The molecule has 1 aromatic heterocycles. The van der Waals surface area contributed by atoms with Crippen LogP contribution in [0, 0.1) is 5.41 Å². The summed E-state index contributed by atoms with van der Waals surface area (Å²) >= 11 is 0.718. The lowest BCUT2D eigenvalue weighted by molar-refractivity contribution is -0.0147. The van der Waals surface area contributed by atoms with Crippen LogP contribution in [0.2, 0.25) is 0 Å². The number of carboxylic acid groups (broad SMARTS) is 1. The summed E-state index contributed by atoms with van der Waals surface area (Å²) in [4.78, 5) is 27.9. The first-order valence-electron chi connectivity index (χ1n) is 10.5. The molecule has 9 nitrogen and oxygen atoms in total. The number of carboxylic acids is 1. The summed E-state index contributed by atoms with van der Waals surface area (Å²) < 4.78 is 42.2. The molecule has 2 N–H and O–H groups in total. The first-order valence-corrected chi connectivity index (χ1v) is 13.0. The maximum absolute atomic E-state index is 12.5. The molecule has 0 unspecified atom stereocenters. The molecule has 1 aliphatic carbocycles. The van der Waals surface area contributed by atoms with E-state index in [1.807, 2.05) is 0 Å². The Bertz CT molecular complexity index is 959. The third-order valence-corrected chi connectivity index (χ3v) is 9.16. The Morgan fingerprint density at radius 1 is 1.44 bits per heavy atom. The number of ether oxygens (including phenoxy) is 1. The normalized spacial score (nSPS) is 21.5. The second-order valence-corrected chi connectivity index (χ2v) is 11.3. The third kappa shape index (κ3) is 5.46. The second-order valence-electron chi connectivity index (χ2n) is 8.15. The van der Waals surface area contributed by atoms with Gasteiger partial charge in [-0.3, -0.25) is 9.29 Å². The van der Waals surface area contributed by atoms with Crippen LogP contribution in [0.5, 0.6) is 0 Å². The topological polar surface area (TPSA) is 134 Å². The predicted molar refractivity (Wildman–Crippen MR) is 114 cm³/mol. The molecule has 1 saturated heterocycles. The molecule has 2 aliphatic rings. The molecule has 12 heteroatoms. The SMILES string of the molecule is O=C(O)c1csc(S(=O)(=O)CCN2C(=O)OC[C@@H]2/C=C/[C@@H](O)C2(CCCCF)CCC2)n1. The fourth-order valence-corrected chi connectivity index (χ4v) is 6.37. The van der Waals surface area contributed by atoms with Crippen LogP contribution in [0.15, 0.2) is 21.9 Å². The first kappa shape index (κ1) is 24.6. The molecule has 178 valence electrons. The highest BCUT2D eigenvalue weighted by atomic mass is 32.2. The number of cyclic esters (lactones) is 1. The van der Waals surface area contributed by atoms with Crippen LogP contribution in [0.25, 0.3) is 0 Å². The minimum absolute atomic E-state index is 0.0391. The number of hydrogen-bond acceptors (Lipinski definition) is 8. The number of aliphatic hydroxyl groups excluding tert-OH is 1. The Hall–Kier alpha value is -2.05. The maximum atomic E-state index is 12.5. The van der Waals surface area contributed by atoms with Gasteiger partial charge >= 0.3 is 12.1 Å². The Morgan fingerprint density at radius 2 is 2.19 bits per heavy atom. The number of carbonyl (C=O) groups excluding carboxylic acids is 1. The molecule has 1 aromatic rings. The molecule has 0 aromatic carbocycles. The van der Waals surface area contributed by atoms with Gasteiger partial charge in [-0.2, -0.15) is 0 Å². The van der Waals surface area contributed by atoms with Gasteiger partial charge in [-0.15, -0.1) is 11.3 Å². The summed E-state index contributed by atoms with van der Waals surface area (Å²) in [5, 5.41) is 20.8. The lowest BCUT2D eigenvalue weighted by Crippen LogP contribution is -2.41. The molecular weight excluding hydrogens is 463 g/mol. The van der Waals surface area contributed by atoms with Crippen molar-refractivity contribution in [2.24, 2.45) is 5.41 Å². The number of alkyl halides is 1. The number of carbonyl (C=O) groups is 2. The van der Waals surface area contributed by atoms with E-state index in [1.165, 1.54) is 4.90 Å². The van der Waals surface area contributed by atoms with E-state index in [-0.39, 0.29) is 35.3 Å². The molecule has 0 spiro atoms. The van der Waals surface area contributed by atoms with Gasteiger partial charge in [0.25, 0.3) is 0 Å². The zero-order valence-electron chi connectivity index (χ0n) is 17.5. The van der Waals surface area contributed by atoms with Crippen molar-refractivity contribution in [3.63, 3.8) is 0 Å². The molecule has 3 rings (SSSR count). The number of unbranched alkanes of at least 4 members (excludes halogenated alkanes) is 1. The molecule has 2 fully saturated rings. The zero-order chi connectivity index (χ0) is 23.4. The molecular formula is C20H27FN2O7S2. The van der Waals surface area contributed by atoms with Crippen LogP contribution >= 0.6 is 11.3 Å². The largest absolute Gasteiger partial charge is 0.476 e. The van der Waals surface area contributed by atoms with Crippen LogP contribution in [0.4, 0.5) is 9.18 Å². The summed E-state index contributed by atoms with van der Waals surface area (Å²) in [6.45, 7) is -0.493. The van der Waals surface area contributed by atoms with Crippen LogP contribution in [0.3, 0.4) is 0 Å². The highest BCUT2D eigenvalue weighted by molar-refractivity contribution is 7.93. The third-order valence-electron chi connectivity index (χ3n) is 6.13. The average Bonchev–Trinajstić information content (AvgIpc) is 3.34. The van der Waals surface area contributed by atoms with Gasteiger partial charge in [-0.25, -0.2) is 23.0 Å². The van der Waals surface area contributed by atoms with Crippen molar-refractivity contribution in [1.29, 1.82) is 0 Å². The fraction of sp³-hybridized carbons (Fsp3) is 0.650. The van der Waals surface area contributed by atoms with Gasteiger partial charge in [0.15, 0.2) is 5.69 Å². The number of aromatic carboxylic acids is 1. The number of aromatic nitrogens is 1. The number of amides is 1. The second kappa shape index (κ2) is 10.3. The van der Waals surface area contributed by atoms with E-state index >= 15 is 0 Å². The van der Waals surface area contributed by atoms with Gasteiger partial charge in [0.05, 0.1) is 24.6 Å². The maximum Gasteiger partial charge on any atom is 0.410 e. The lowest BCUT2D eigenvalue weighted by atomic mass is 9.62. The van der Waals surface area contributed by atoms with Gasteiger partial charge in [-0.1, -0.05) is 25.0 Å². The Labute approximate surface area is 189 Å². The quantitative estimate of drug-likeness (QED) is 0.337. The summed E-state index contributed by atoms with van der Waals surface area (Å²) in [6.07, 6.45) is 6.53. The zero-order valence-corrected chi connectivity index (χ0v) is 19.1. The van der Waals surface area contributed by atoms with Crippen molar-refractivity contribution < 1.29 is 37.3 Å². The van der Waals surface area contributed by atoms with Gasteiger partial charge in [0.1, 0.15) is 6.61 Å². The Morgan fingerprint density at radius 3 is 2.78 bits per heavy atom. The Kier molecular flexibility index (Phi) is 7.88. The van der Waals surface area contributed by atoms with E-state index in [4.69, 9.17) is 9.84 Å². The number of rotatable bonds is 12. The summed E-state index contributed by atoms with van der Waals surface area (Å²) in [6, 6.07) is -0.527. The number of thiazole rings is 1. The van der Waals surface area contributed by atoms with Crippen molar-refractivity contribution in [2.45, 2.75) is 55.0 Å². The number of hydrogen-bond donors (Lipinski definition) is 2. The minimum atomic E-state index is -3.88. The molecule has 32 heavy (non-hydrogen) atoms. The lowest BCUT2D eigenvalue weighted by Gasteiger charge is -2.45. The van der Waals surface area contributed by atoms with Crippen LogP contribution in [-0.4, -0.2) is 78.3 Å². The van der Waals surface area contributed by atoms with E-state index in [9.17, 15) is 27.5 Å². The van der Waals surface area contributed by atoms with Crippen molar-refractivity contribution >= 4 is 33.2 Å². The van der Waals surface area contributed by atoms with Crippen molar-refractivity contribution in [3.8, 4) is 0 Å². The number of aliphatic hydroxyl groups is 1. The van der Waals surface area contributed by atoms with Gasteiger partial charge in [-0.05, 0) is 31.1 Å². The standard InChI is InChI=1S/C20H27FN2O7S2/c21-9-2-1-6-20(7-3-8-20)16(24)5-4-14-12-30-19(27)23(14)10-11-32(28,29)18-22-15(13-31-18)17(25)26/h4-5,13-14,16,24H,1-3,6-12H2,(H,25,26)/b5-4+/t14-,16+/m0/s1. The predicted octanol–water partition coefficient (Wildman–Crippen LogP) is 2.66. The molecule has 1 saturated carbocycles. The van der Waals surface area contributed by atoms with Crippen LogP contribution in [-0.2, 0) is 14.6 Å². The van der Waals surface area contributed by atoms with Crippen molar-refractivity contribution in [2.75, 3.05) is 25.6 Å². The van der Waals surface area contributed by atoms with Gasteiger partial charge < -0.3 is 14.9 Å². The number of sulfone groups is 1. The minimum Gasteiger partial charge on any atom is -0.476 e. The van der Waals surface area contributed by atoms with Crippen LogP contribution < -0.4 is 0 Å². The van der Waals surface area contributed by atoms with E-state index < -0.39 is 39.8 Å². The average molecular weight is 491 g/mol. The molecule has 1 aliphatic heterocycles. The highest BCUT2D eigenvalue weighted by Crippen LogP contribution is 2.48. The van der Waals surface area contributed by atoms with Crippen molar-refractivity contribution in [3.05, 3.63) is 23.2 Å². The molecule has 2 heterocycles. The monoisotopic (exact) mass is 490 g/mol. The van der Waals surface area contributed by atoms with E-state index in [1.54, 1.807) is 12.2 Å². The van der Waals surface area contributed by atoms with Gasteiger partial charge in [0.2, 0.25) is 14.2 Å². The molecule has 1 amide bonds. The van der Waals surface area contributed by atoms with Crippen LogP contribution in [0.1, 0.15) is 49.0 Å². The highest BCUT2D eigenvalue weighted by Gasteiger charge is 2.42. The first-order chi connectivity index (χ1) is 15.2. The number of nitrogens with zero attached hydrogens (tertiary/aromatic N) is 2. The summed E-state index contributed by atoms with van der Waals surface area (Å²) in [5.41, 5.74) is -0.615. The fourth-order valence-electron chi connectivity index (χ4n) is 4.02. The van der Waals surface area contributed by atoms with E-state index in [0.717, 1.165) is 42.4 Å². The number of halogens is 1. The molecule has 2 atom stereocenters. The molecule has 0 radical (unpaired) electrons. The summed E-state index contributed by atoms with van der Waals surface area (Å²) in [5.74, 6) is -1.75.